The van der Waals surface area contributed by atoms with E-state index < -0.39 is 5.91 Å². The zero-order valence-electron chi connectivity index (χ0n) is 19.2. The fourth-order valence-corrected chi connectivity index (χ4v) is 5.40. The number of amides is 1. The molecule has 2 aromatic rings. The van der Waals surface area contributed by atoms with Crippen LogP contribution < -0.4 is 4.74 Å². The Balaban J connectivity index is 1.52. The molecule has 0 aliphatic carbocycles. The Hall–Kier alpha value is -3.33. The molecule has 0 unspecified atom stereocenters. The maximum Gasteiger partial charge on any atom is 0.283 e. The average molecular weight is 463 g/mol. The van der Waals surface area contributed by atoms with Crippen molar-refractivity contribution in [3.8, 4) is 11.4 Å². The van der Waals surface area contributed by atoms with Gasteiger partial charge in [0, 0.05) is 24.5 Å². The van der Waals surface area contributed by atoms with E-state index in [1.807, 2.05) is 39.0 Å². The lowest BCUT2D eigenvalue weighted by Crippen LogP contribution is -2.35. The summed E-state index contributed by atoms with van der Waals surface area (Å²) in [5.41, 5.74) is 5.13. The molecule has 1 amide bonds. The number of aryl methyl sites for hydroxylation is 2. The molecule has 3 aliphatic rings. The van der Waals surface area contributed by atoms with Gasteiger partial charge in [0.15, 0.2) is 11.0 Å². The van der Waals surface area contributed by atoms with Crippen molar-refractivity contribution in [3.63, 3.8) is 0 Å². The smallest absolute Gasteiger partial charge is 0.283 e. The molecule has 5 rings (SSSR count). The number of aromatic nitrogens is 1. The van der Waals surface area contributed by atoms with Gasteiger partial charge < -0.3 is 14.2 Å². The fraction of sp³-hybridized carbons (Fsp3) is 0.333. The van der Waals surface area contributed by atoms with E-state index >= 15 is 0 Å². The van der Waals surface area contributed by atoms with Gasteiger partial charge in [-0.2, -0.15) is 10.0 Å². The van der Waals surface area contributed by atoms with Gasteiger partial charge in [-0.1, -0.05) is 6.07 Å². The molecule has 1 aromatic heterocycles. The van der Waals surface area contributed by atoms with Gasteiger partial charge in [-0.05, 0) is 80.8 Å². The molecule has 0 radical (unpaired) electrons. The predicted molar refractivity (Wildman–Crippen MR) is 132 cm³/mol. The predicted octanol–water partition coefficient (Wildman–Crippen LogP) is 4.08. The zero-order valence-corrected chi connectivity index (χ0v) is 20.0. The van der Waals surface area contributed by atoms with Crippen LogP contribution in [-0.4, -0.2) is 56.8 Å². The molecule has 3 aliphatic heterocycles. The van der Waals surface area contributed by atoms with E-state index in [1.165, 1.54) is 16.8 Å². The summed E-state index contributed by atoms with van der Waals surface area (Å²) in [4.78, 5) is 19.3. The summed E-state index contributed by atoms with van der Waals surface area (Å²) < 4.78 is 7.70. The second-order valence-electron chi connectivity index (χ2n) is 8.43. The van der Waals surface area contributed by atoms with E-state index in [0.717, 1.165) is 65.1 Å². The Labute approximate surface area is 197 Å². The summed E-state index contributed by atoms with van der Waals surface area (Å²) in [7, 11) is 1.66. The van der Waals surface area contributed by atoms with Crippen molar-refractivity contribution in [1.82, 2.24) is 14.5 Å². The monoisotopic (exact) mass is 462 g/mol. The highest BCUT2D eigenvalue weighted by molar-refractivity contribution is 8.26. The minimum absolute atomic E-state index is 0.0598. The molecule has 33 heavy (non-hydrogen) atoms. The Bertz CT molecular complexity index is 1270. The van der Waals surface area contributed by atoms with Crippen LogP contribution in [0.25, 0.3) is 11.8 Å². The quantitative estimate of drug-likeness (QED) is 0.695. The third-order valence-corrected chi connectivity index (χ3v) is 7.14. The average Bonchev–Trinajstić information content (AvgIpc) is 3.51. The minimum Gasteiger partial charge on any atom is -0.495 e. The van der Waals surface area contributed by atoms with E-state index in [9.17, 15) is 4.79 Å². The van der Waals surface area contributed by atoms with Crippen LogP contribution >= 0.6 is 11.8 Å². The Kier molecular flexibility index (Phi) is 5.36. The number of hydrogen-bond acceptors (Lipinski definition) is 6. The number of benzene rings is 1. The topological polar surface area (TPSA) is 86.3 Å². The van der Waals surface area contributed by atoms with E-state index in [1.54, 1.807) is 13.2 Å². The summed E-state index contributed by atoms with van der Waals surface area (Å²) in [5.74, 6) is 0.425. The van der Waals surface area contributed by atoms with Crippen molar-refractivity contribution in [2.24, 2.45) is 10.1 Å². The number of thioether (sulfide) groups is 1. The highest BCUT2D eigenvalue weighted by Gasteiger charge is 2.37. The Morgan fingerprint density at radius 3 is 2.61 bits per heavy atom. The lowest BCUT2D eigenvalue weighted by Gasteiger charge is -2.20. The van der Waals surface area contributed by atoms with Crippen molar-refractivity contribution in [2.75, 3.05) is 20.2 Å². The Morgan fingerprint density at radius 2 is 1.88 bits per heavy atom. The molecule has 8 nitrogen and oxygen atoms in total. The van der Waals surface area contributed by atoms with E-state index in [4.69, 9.17) is 10.1 Å². The van der Waals surface area contributed by atoms with Crippen molar-refractivity contribution >= 4 is 39.9 Å². The maximum absolute atomic E-state index is 12.9. The van der Waals surface area contributed by atoms with Crippen molar-refractivity contribution < 1.29 is 9.53 Å². The zero-order chi connectivity index (χ0) is 23.3. The molecule has 0 spiro atoms. The third kappa shape index (κ3) is 3.66. The van der Waals surface area contributed by atoms with Crippen LogP contribution in [-0.2, 0) is 4.79 Å². The van der Waals surface area contributed by atoms with Crippen molar-refractivity contribution in [1.29, 1.82) is 5.41 Å². The summed E-state index contributed by atoms with van der Waals surface area (Å²) >= 11 is 1.37. The summed E-state index contributed by atoms with van der Waals surface area (Å²) in [6, 6.07) is 8.07. The van der Waals surface area contributed by atoms with Crippen LogP contribution in [0.5, 0.6) is 5.75 Å². The van der Waals surface area contributed by atoms with Gasteiger partial charge >= 0.3 is 0 Å². The van der Waals surface area contributed by atoms with Crippen LogP contribution in [0.2, 0.25) is 0 Å². The molecule has 1 fully saturated rings. The Morgan fingerprint density at radius 1 is 1.12 bits per heavy atom. The molecule has 9 heteroatoms. The molecule has 0 atom stereocenters. The number of hydrazone groups is 1. The molecule has 4 heterocycles. The number of nitrogens with one attached hydrogen (secondary N) is 1. The summed E-state index contributed by atoms with van der Waals surface area (Å²) in [6.45, 7) is 7.96. The summed E-state index contributed by atoms with van der Waals surface area (Å²) in [5, 5.41) is 16.0. The van der Waals surface area contributed by atoms with Crippen LogP contribution in [0.1, 0.15) is 35.4 Å². The molecular weight excluding hydrogens is 436 g/mol. The van der Waals surface area contributed by atoms with Crippen molar-refractivity contribution in [3.05, 3.63) is 52.4 Å². The van der Waals surface area contributed by atoms with Crippen LogP contribution in [0.15, 0.2) is 39.9 Å². The molecule has 1 saturated heterocycles. The normalized spacial score (nSPS) is 19.3. The maximum atomic E-state index is 12.9. The molecule has 1 N–H and O–H groups in total. The first-order chi connectivity index (χ1) is 15.9. The first-order valence-electron chi connectivity index (χ1n) is 11.0. The number of methoxy groups -OCH3 is 1. The number of ether oxygens (including phenoxy) is 1. The largest absolute Gasteiger partial charge is 0.495 e. The number of nitrogens with zero attached hydrogens (tertiary/aromatic N) is 5. The van der Waals surface area contributed by atoms with Crippen LogP contribution in [0, 0.1) is 26.2 Å². The number of aliphatic imine (C=N–C) groups is 1. The first-order valence-corrected chi connectivity index (χ1v) is 11.8. The lowest BCUT2D eigenvalue weighted by molar-refractivity contribution is -0.114. The minimum atomic E-state index is -0.408. The lowest BCUT2D eigenvalue weighted by atomic mass is 10.1. The SMILES string of the molecule is COc1ccc(C)cc1-n1c(C)cc(/C=C2\C(=N)N3N=C(N4CCCC4)SC3=NC2=O)c1C. The number of rotatable bonds is 3. The number of amidine groups is 3. The highest BCUT2D eigenvalue weighted by atomic mass is 32.2. The molecule has 0 saturated carbocycles. The fourth-order valence-electron chi connectivity index (χ4n) is 4.45. The second-order valence-corrected chi connectivity index (χ2v) is 9.37. The van der Waals surface area contributed by atoms with E-state index in [-0.39, 0.29) is 11.4 Å². The van der Waals surface area contributed by atoms with E-state index in [2.05, 4.69) is 25.6 Å². The number of likely N-dealkylation sites (tertiary alicyclic amines) is 1. The molecule has 170 valence electrons. The first kappa shape index (κ1) is 21.5. The molecule has 0 bridgehead atoms. The van der Waals surface area contributed by atoms with Gasteiger partial charge in [0.25, 0.3) is 5.91 Å². The number of fused-ring (bicyclic) bond motifs is 1. The number of carbonyl (C=O) groups is 1. The van der Waals surface area contributed by atoms with Crippen LogP contribution in [0.3, 0.4) is 0 Å². The van der Waals surface area contributed by atoms with Crippen LogP contribution in [0.4, 0.5) is 0 Å². The van der Waals surface area contributed by atoms with Gasteiger partial charge in [0.2, 0.25) is 5.17 Å². The van der Waals surface area contributed by atoms with Gasteiger partial charge in [-0.25, -0.2) is 0 Å². The van der Waals surface area contributed by atoms with Gasteiger partial charge in [-0.3, -0.25) is 10.2 Å². The van der Waals surface area contributed by atoms with E-state index in [0.29, 0.717) is 5.17 Å². The second kappa shape index (κ2) is 8.22. The molecule has 1 aromatic carbocycles. The third-order valence-electron chi connectivity index (χ3n) is 6.17. The summed E-state index contributed by atoms with van der Waals surface area (Å²) in [6.07, 6.45) is 4.02. The van der Waals surface area contributed by atoms with Gasteiger partial charge in [0.1, 0.15) is 5.75 Å². The molecular formula is C24H26N6O2S. The van der Waals surface area contributed by atoms with Crippen molar-refractivity contribution in [2.45, 2.75) is 33.6 Å². The number of hydrogen-bond donors (Lipinski definition) is 1. The van der Waals surface area contributed by atoms with Gasteiger partial charge in [0.05, 0.1) is 18.4 Å². The number of carbonyl (C=O) groups excluding carboxylic acids is 1. The standard InChI is InChI=1S/C24H26N6O2S/c1-14-7-8-20(32-4)19(11-14)29-15(2)12-17(16(29)3)13-18-21(25)30-23(26-22(18)31)33-24(27-30)28-9-5-6-10-28/h7-8,11-13,25H,5-6,9-10H2,1-4H3/b18-13+,25-21?. The highest BCUT2D eigenvalue weighted by Crippen LogP contribution is 2.33. The van der Waals surface area contributed by atoms with Gasteiger partial charge in [-0.15, -0.1) is 5.10 Å².